The van der Waals surface area contributed by atoms with E-state index in [0.29, 0.717) is 0 Å². The van der Waals surface area contributed by atoms with Gasteiger partial charge in [0.15, 0.2) is 0 Å². The van der Waals surface area contributed by atoms with E-state index in [0.717, 1.165) is 19.0 Å². The summed E-state index contributed by atoms with van der Waals surface area (Å²) in [4.78, 5) is 0. The minimum Gasteiger partial charge on any atom is -0.384 e. The van der Waals surface area contributed by atoms with Crippen LogP contribution in [0.5, 0.6) is 0 Å². The number of halogens is 2. The summed E-state index contributed by atoms with van der Waals surface area (Å²) in [6.07, 6.45) is 2.49. The molecule has 1 aromatic rings. The highest BCUT2D eigenvalue weighted by Gasteiger charge is 2.13. The first-order chi connectivity index (χ1) is 6.90. The van der Waals surface area contributed by atoms with Crippen LogP contribution in [0.4, 0.5) is 5.69 Å². The molecule has 2 rings (SSSR count). The van der Waals surface area contributed by atoms with Crippen LogP contribution in [0.1, 0.15) is 12.0 Å². The fourth-order valence-corrected chi connectivity index (χ4v) is 2.09. The van der Waals surface area contributed by atoms with Crippen molar-refractivity contribution in [2.24, 2.45) is 5.92 Å². The van der Waals surface area contributed by atoms with Crippen molar-refractivity contribution in [3.8, 4) is 0 Å². The van der Waals surface area contributed by atoms with Crippen molar-refractivity contribution in [3.63, 3.8) is 0 Å². The van der Waals surface area contributed by atoms with Gasteiger partial charge in [0.25, 0.3) is 0 Å². The average Bonchev–Trinajstić information content (AvgIpc) is 2.42. The van der Waals surface area contributed by atoms with E-state index >= 15 is 0 Å². The van der Waals surface area contributed by atoms with Crippen molar-refractivity contribution < 1.29 is 0 Å². The van der Waals surface area contributed by atoms with E-state index in [1.165, 1.54) is 24.1 Å². The second kappa shape index (κ2) is 7.77. The Morgan fingerprint density at radius 2 is 2.06 bits per heavy atom. The van der Waals surface area contributed by atoms with Crippen molar-refractivity contribution in [1.29, 1.82) is 0 Å². The Hall–Kier alpha value is -0.440. The van der Waals surface area contributed by atoms with Gasteiger partial charge < -0.3 is 10.6 Å². The number of hydrogen-bond donors (Lipinski definition) is 2. The molecule has 92 valence electrons. The van der Waals surface area contributed by atoms with Gasteiger partial charge in [0, 0.05) is 12.2 Å². The third kappa shape index (κ3) is 3.85. The molecule has 1 aliphatic heterocycles. The van der Waals surface area contributed by atoms with Gasteiger partial charge in [-0.15, -0.1) is 24.8 Å². The molecule has 0 spiro atoms. The monoisotopic (exact) mass is 262 g/mol. The molecule has 0 fully saturated rings. The molecular formula is C12H20Cl2N2. The average molecular weight is 263 g/mol. The molecule has 1 heterocycles. The Bertz CT molecular complexity index is 278. The number of para-hydroxylation sites is 1. The van der Waals surface area contributed by atoms with Crippen LogP contribution in [0.3, 0.4) is 0 Å². The number of hydrogen-bond acceptors (Lipinski definition) is 2. The lowest BCUT2D eigenvalue weighted by Crippen LogP contribution is -2.24. The molecular weight excluding hydrogens is 243 g/mol. The molecule has 1 atom stereocenters. The Kier molecular flexibility index (Phi) is 7.56. The normalized spacial score (nSPS) is 18.2. The summed E-state index contributed by atoms with van der Waals surface area (Å²) >= 11 is 0. The van der Waals surface area contributed by atoms with Crippen LogP contribution in [-0.2, 0) is 6.42 Å². The Balaban J connectivity index is 0.00000112. The summed E-state index contributed by atoms with van der Waals surface area (Å²) in [7, 11) is 2.03. The SMILES string of the molecule is CNCC1CCc2ccccc2NC1.Cl.Cl. The molecule has 1 aliphatic rings. The van der Waals surface area contributed by atoms with Gasteiger partial charge in [0.2, 0.25) is 0 Å². The molecule has 0 aliphatic carbocycles. The predicted octanol–water partition coefficient (Wildman–Crippen LogP) is 2.72. The summed E-state index contributed by atoms with van der Waals surface area (Å²) in [6, 6.07) is 8.63. The first-order valence-electron chi connectivity index (χ1n) is 5.36. The number of aryl methyl sites for hydroxylation is 1. The Labute approximate surface area is 110 Å². The van der Waals surface area contributed by atoms with Crippen molar-refractivity contribution in [2.75, 3.05) is 25.5 Å². The lowest BCUT2D eigenvalue weighted by molar-refractivity contribution is 0.493. The first kappa shape index (κ1) is 15.6. The minimum absolute atomic E-state index is 0. The maximum absolute atomic E-state index is 3.52. The second-order valence-corrected chi connectivity index (χ2v) is 4.00. The highest BCUT2D eigenvalue weighted by molar-refractivity contribution is 5.85. The number of benzene rings is 1. The van der Waals surface area contributed by atoms with Gasteiger partial charge in [-0.2, -0.15) is 0 Å². The molecule has 0 saturated carbocycles. The molecule has 4 heteroatoms. The second-order valence-electron chi connectivity index (χ2n) is 4.00. The predicted molar refractivity (Wildman–Crippen MR) is 75.2 cm³/mol. The first-order valence-corrected chi connectivity index (χ1v) is 5.36. The number of nitrogens with one attached hydrogen (secondary N) is 2. The Morgan fingerprint density at radius 1 is 1.31 bits per heavy atom. The van der Waals surface area contributed by atoms with Gasteiger partial charge in [0.05, 0.1) is 0 Å². The fraction of sp³-hybridized carbons (Fsp3) is 0.500. The smallest absolute Gasteiger partial charge is 0.0372 e. The van der Waals surface area contributed by atoms with Crippen LogP contribution in [0.25, 0.3) is 0 Å². The zero-order valence-electron chi connectivity index (χ0n) is 9.53. The molecule has 2 N–H and O–H groups in total. The molecule has 0 bridgehead atoms. The van der Waals surface area contributed by atoms with Crippen LogP contribution >= 0.6 is 24.8 Å². The molecule has 2 nitrogen and oxygen atoms in total. The van der Waals surface area contributed by atoms with E-state index in [1.807, 2.05) is 7.05 Å². The number of rotatable bonds is 2. The summed E-state index contributed by atoms with van der Waals surface area (Å²) in [6.45, 7) is 2.21. The molecule has 0 saturated heterocycles. The van der Waals surface area contributed by atoms with Crippen LogP contribution in [-0.4, -0.2) is 20.1 Å². The fourth-order valence-electron chi connectivity index (χ4n) is 2.09. The lowest BCUT2D eigenvalue weighted by Gasteiger charge is -2.13. The molecule has 16 heavy (non-hydrogen) atoms. The standard InChI is InChI=1S/C12H18N2.2ClH/c1-13-8-10-6-7-11-4-2-3-5-12(11)14-9-10;;/h2-5,10,13-14H,6-9H2,1H3;2*1H. The van der Waals surface area contributed by atoms with Gasteiger partial charge in [-0.3, -0.25) is 0 Å². The maximum atomic E-state index is 3.52. The third-order valence-corrected chi connectivity index (χ3v) is 2.91. The van der Waals surface area contributed by atoms with E-state index in [2.05, 4.69) is 34.9 Å². The zero-order valence-corrected chi connectivity index (χ0v) is 11.2. The summed E-state index contributed by atoms with van der Waals surface area (Å²) in [5.74, 6) is 0.757. The topological polar surface area (TPSA) is 24.1 Å². The molecule has 1 aromatic carbocycles. The maximum Gasteiger partial charge on any atom is 0.0372 e. The van der Waals surface area contributed by atoms with Crippen molar-refractivity contribution in [2.45, 2.75) is 12.8 Å². The number of fused-ring (bicyclic) bond motifs is 1. The van der Waals surface area contributed by atoms with Crippen molar-refractivity contribution in [3.05, 3.63) is 29.8 Å². The number of anilines is 1. The minimum atomic E-state index is 0. The molecule has 0 amide bonds. The lowest BCUT2D eigenvalue weighted by atomic mass is 10.0. The quantitative estimate of drug-likeness (QED) is 0.857. The van der Waals surface area contributed by atoms with Crippen LogP contribution in [0.2, 0.25) is 0 Å². The van der Waals surface area contributed by atoms with Crippen LogP contribution in [0.15, 0.2) is 24.3 Å². The molecule has 0 radical (unpaired) electrons. The van der Waals surface area contributed by atoms with Gasteiger partial charge in [-0.25, -0.2) is 0 Å². The highest BCUT2D eigenvalue weighted by atomic mass is 35.5. The Morgan fingerprint density at radius 3 is 2.81 bits per heavy atom. The highest BCUT2D eigenvalue weighted by Crippen LogP contribution is 2.22. The van der Waals surface area contributed by atoms with Crippen molar-refractivity contribution in [1.82, 2.24) is 5.32 Å². The summed E-state index contributed by atoms with van der Waals surface area (Å²) in [5, 5.41) is 6.77. The zero-order chi connectivity index (χ0) is 9.80. The van der Waals surface area contributed by atoms with E-state index in [9.17, 15) is 0 Å². The van der Waals surface area contributed by atoms with Crippen LogP contribution in [0, 0.1) is 5.92 Å². The third-order valence-electron chi connectivity index (χ3n) is 2.91. The van der Waals surface area contributed by atoms with Gasteiger partial charge >= 0.3 is 0 Å². The van der Waals surface area contributed by atoms with E-state index < -0.39 is 0 Å². The molecule has 0 aromatic heterocycles. The van der Waals surface area contributed by atoms with E-state index in [1.54, 1.807) is 0 Å². The largest absolute Gasteiger partial charge is 0.384 e. The van der Waals surface area contributed by atoms with Gasteiger partial charge in [-0.1, -0.05) is 18.2 Å². The van der Waals surface area contributed by atoms with Crippen LogP contribution < -0.4 is 10.6 Å². The van der Waals surface area contributed by atoms with Gasteiger partial charge in [0.1, 0.15) is 0 Å². The summed E-state index contributed by atoms with van der Waals surface area (Å²) < 4.78 is 0. The summed E-state index contributed by atoms with van der Waals surface area (Å²) in [5.41, 5.74) is 2.79. The van der Waals surface area contributed by atoms with E-state index in [-0.39, 0.29) is 24.8 Å². The van der Waals surface area contributed by atoms with Crippen molar-refractivity contribution >= 4 is 30.5 Å². The van der Waals surface area contributed by atoms with Gasteiger partial charge in [-0.05, 0) is 44.0 Å². The molecule has 1 unspecified atom stereocenters. The van der Waals surface area contributed by atoms with E-state index in [4.69, 9.17) is 0 Å².